The van der Waals surface area contributed by atoms with Gasteiger partial charge in [-0.15, -0.1) is 0 Å². The number of phenols is 1. The summed E-state index contributed by atoms with van der Waals surface area (Å²) < 4.78 is 39.1. The van der Waals surface area contributed by atoms with Crippen LogP contribution in [0.5, 0.6) is 5.75 Å². The molecule has 0 unspecified atom stereocenters. The van der Waals surface area contributed by atoms with Gasteiger partial charge in [0.15, 0.2) is 5.75 Å². The Balaban J connectivity index is 2.21. The lowest BCUT2D eigenvalue weighted by atomic mass is 9.51. The number of amides is 1. The Labute approximate surface area is 147 Å². The summed E-state index contributed by atoms with van der Waals surface area (Å²) in [5, 5.41) is 21.4. The number of alkyl halides is 3. The van der Waals surface area contributed by atoms with Gasteiger partial charge in [0.1, 0.15) is 0 Å². The van der Waals surface area contributed by atoms with E-state index in [1.165, 1.54) is 6.07 Å². The molecule has 3 rings (SSSR count). The first-order chi connectivity index (χ1) is 11.8. The van der Waals surface area contributed by atoms with Crippen LogP contribution in [-0.2, 0) is 16.6 Å². The minimum Gasteiger partial charge on any atom is -0.502 e. The van der Waals surface area contributed by atoms with Crippen LogP contribution in [0.2, 0.25) is 0 Å². The van der Waals surface area contributed by atoms with Crippen LogP contribution in [-0.4, -0.2) is 39.6 Å². The molecule has 2 bridgehead atoms. The topological polar surface area (TPSA) is 83.7 Å². The van der Waals surface area contributed by atoms with E-state index in [0.29, 0.717) is 5.56 Å². The van der Waals surface area contributed by atoms with E-state index in [4.69, 9.17) is 0 Å². The van der Waals surface area contributed by atoms with Crippen LogP contribution in [0.25, 0.3) is 0 Å². The van der Waals surface area contributed by atoms with Gasteiger partial charge in [0, 0.05) is 30.0 Å². The van der Waals surface area contributed by atoms with E-state index in [1.54, 1.807) is 19.9 Å². The summed E-state index contributed by atoms with van der Waals surface area (Å²) in [7, 11) is 0. The minimum atomic E-state index is -5.01. The number of halogens is 3. The number of carbonyl (C=O) groups is 1. The van der Waals surface area contributed by atoms with E-state index in [9.17, 15) is 33.2 Å². The Kier molecular flexibility index (Phi) is 3.79. The molecule has 1 N–H and O–H groups in total. The number of nitro groups is 1. The van der Waals surface area contributed by atoms with Crippen molar-refractivity contribution >= 4 is 11.6 Å². The molecule has 0 radical (unpaired) electrons. The van der Waals surface area contributed by atoms with Gasteiger partial charge in [-0.25, -0.2) is 0 Å². The number of fused-ring (bicyclic) bond motifs is 4. The van der Waals surface area contributed by atoms with Gasteiger partial charge in [-0.05, 0) is 23.5 Å². The first-order valence-corrected chi connectivity index (χ1v) is 8.20. The average molecular weight is 372 g/mol. The number of carbonyl (C=O) groups excluding carboxylic acids is 1. The summed E-state index contributed by atoms with van der Waals surface area (Å²) in [6.07, 6.45) is -4.87. The second-order valence-electron chi connectivity index (χ2n) is 7.74. The predicted molar refractivity (Wildman–Crippen MR) is 85.8 cm³/mol. The molecule has 0 aromatic heterocycles. The zero-order valence-electron chi connectivity index (χ0n) is 14.6. The molecule has 142 valence electrons. The van der Waals surface area contributed by atoms with E-state index < -0.39 is 45.3 Å². The number of rotatable bonds is 1. The van der Waals surface area contributed by atoms with Crippen LogP contribution < -0.4 is 0 Å². The third-order valence-corrected chi connectivity index (χ3v) is 6.42. The highest BCUT2D eigenvalue weighted by atomic mass is 19.4. The smallest absolute Gasteiger partial charge is 0.471 e. The highest BCUT2D eigenvalue weighted by Gasteiger charge is 2.60. The Morgan fingerprint density at radius 2 is 1.96 bits per heavy atom. The van der Waals surface area contributed by atoms with Gasteiger partial charge in [-0.2, -0.15) is 13.2 Å². The van der Waals surface area contributed by atoms with E-state index in [1.807, 2.05) is 6.92 Å². The summed E-state index contributed by atoms with van der Waals surface area (Å²) in [5.74, 6) is -2.45. The van der Waals surface area contributed by atoms with Crippen LogP contribution in [0.4, 0.5) is 18.9 Å². The van der Waals surface area contributed by atoms with Crippen LogP contribution in [0.1, 0.15) is 38.3 Å². The van der Waals surface area contributed by atoms with Crippen molar-refractivity contribution in [3.63, 3.8) is 0 Å². The van der Waals surface area contributed by atoms with Gasteiger partial charge >= 0.3 is 17.8 Å². The first-order valence-electron chi connectivity index (χ1n) is 8.20. The van der Waals surface area contributed by atoms with Crippen molar-refractivity contribution < 1.29 is 28.0 Å². The summed E-state index contributed by atoms with van der Waals surface area (Å²) in [4.78, 5) is 23.4. The normalized spacial score (nSPS) is 27.0. The molecule has 1 aromatic carbocycles. The SMILES string of the molecule is CC1(C)[C@H]2Cc3c(ccc(O)c3[N+](=O)[O-])[C@]1(C)CCN2C(=O)C(F)(F)F. The van der Waals surface area contributed by atoms with Crippen molar-refractivity contribution in [1.29, 1.82) is 0 Å². The highest BCUT2D eigenvalue weighted by Crippen LogP contribution is 2.58. The molecule has 1 fully saturated rings. The maximum absolute atomic E-state index is 13.0. The van der Waals surface area contributed by atoms with Crippen molar-refractivity contribution in [2.24, 2.45) is 5.41 Å². The third kappa shape index (κ3) is 2.29. The van der Waals surface area contributed by atoms with E-state index in [0.717, 1.165) is 4.90 Å². The molecule has 0 spiro atoms. The van der Waals surface area contributed by atoms with E-state index >= 15 is 0 Å². The Morgan fingerprint density at radius 1 is 1.35 bits per heavy atom. The van der Waals surface area contributed by atoms with Crippen LogP contribution >= 0.6 is 0 Å². The summed E-state index contributed by atoms with van der Waals surface area (Å²) in [6, 6.07) is 2.01. The predicted octanol–water partition coefficient (Wildman–Crippen LogP) is 3.30. The first kappa shape index (κ1) is 18.5. The fraction of sp³-hybridized carbons (Fsp3) is 0.588. The monoisotopic (exact) mass is 372 g/mol. The molecule has 0 saturated carbocycles. The van der Waals surface area contributed by atoms with Crippen molar-refractivity contribution in [1.82, 2.24) is 4.90 Å². The molecule has 2 atom stereocenters. The molecular weight excluding hydrogens is 353 g/mol. The highest BCUT2D eigenvalue weighted by molar-refractivity contribution is 5.82. The Hall–Kier alpha value is -2.32. The van der Waals surface area contributed by atoms with Gasteiger partial charge in [-0.3, -0.25) is 14.9 Å². The largest absolute Gasteiger partial charge is 0.502 e. The summed E-state index contributed by atoms with van der Waals surface area (Å²) in [5.41, 5.74) is -1.02. The molecule has 1 heterocycles. The molecular formula is C17H19F3N2O4. The van der Waals surface area contributed by atoms with Crippen molar-refractivity contribution in [3.8, 4) is 5.75 Å². The van der Waals surface area contributed by atoms with Crippen LogP contribution in [0.15, 0.2) is 12.1 Å². The molecule has 6 nitrogen and oxygen atoms in total. The Bertz CT molecular complexity index is 806. The average Bonchev–Trinajstić information content (AvgIpc) is 2.48. The van der Waals surface area contributed by atoms with E-state index in [-0.39, 0.29) is 24.9 Å². The molecule has 9 heteroatoms. The van der Waals surface area contributed by atoms with Gasteiger partial charge < -0.3 is 10.0 Å². The number of benzene rings is 1. The number of phenolic OH excluding ortho intramolecular Hbond substituents is 1. The molecule has 1 amide bonds. The second-order valence-corrected chi connectivity index (χ2v) is 7.74. The molecule has 1 saturated heterocycles. The standard InChI is InChI=1S/C17H19F3N2O4/c1-15(2)12-8-9-10(4-5-11(23)13(9)22(25)26)16(15,3)6-7-21(12)14(24)17(18,19)20/h4-5,12,23H,6-8H2,1-3H3/t12-,16+/m1/s1. The Morgan fingerprint density at radius 3 is 2.50 bits per heavy atom. The molecule has 1 aliphatic carbocycles. The number of aromatic hydroxyl groups is 1. The maximum Gasteiger partial charge on any atom is 0.471 e. The quantitative estimate of drug-likeness (QED) is 0.606. The third-order valence-electron chi connectivity index (χ3n) is 6.42. The number of hydrogen-bond donors (Lipinski definition) is 1. The molecule has 1 aromatic rings. The van der Waals surface area contributed by atoms with Gasteiger partial charge in [0.25, 0.3) is 0 Å². The molecule has 26 heavy (non-hydrogen) atoms. The lowest BCUT2D eigenvalue weighted by Crippen LogP contribution is -2.66. The fourth-order valence-corrected chi connectivity index (χ4v) is 4.58. The minimum absolute atomic E-state index is 0.0724. The van der Waals surface area contributed by atoms with Gasteiger partial charge in [-0.1, -0.05) is 26.8 Å². The fourth-order valence-electron chi connectivity index (χ4n) is 4.58. The lowest BCUT2D eigenvalue weighted by molar-refractivity contribution is -0.386. The van der Waals surface area contributed by atoms with Crippen molar-refractivity contribution in [2.45, 2.75) is 51.2 Å². The number of nitrogens with zero attached hydrogens (tertiary/aromatic N) is 2. The van der Waals surface area contributed by atoms with Crippen molar-refractivity contribution in [2.75, 3.05) is 6.54 Å². The second kappa shape index (κ2) is 5.34. The van der Waals surface area contributed by atoms with Gasteiger partial charge in [0.05, 0.1) is 4.92 Å². The lowest BCUT2D eigenvalue weighted by Gasteiger charge is -2.60. The zero-order chi connectivity index (χ0) is 19.7. The van der Waals surface area contributed by atoms with E-state index in [2.05, 4.69) is 0 Å². The number of hydrogen-bond acceptors (Lipinski definition) is 4. The number of nitro benzene ring substituents is 1. The number of likely N-dealkylation sites (tertiary alicyclic amines) is 1. The van der Waals surface area contributed by atoms with Crippen LogP contribution in [0, 0.1) is 15.5 Å². The zero-order valence-corrected chi connectivity index (χ0v) is 14.6. The number of piperidine rings is 1. The molecule has 1 aliphatic heterocycles. The van der Waals surface area contributed by atoms with Gasteiger partial charge in [0.2, 0.25) is 0 Å². The van der Waals surface area contributed by atoms with Crippen molar-refractivity contribution in [3.05, 3.63) is 33.4 Å². The molecule has 2 aliphatic rings. The van der Waals surface area contributed by atoms with Crippen LogP contribution in [0.3, 0.4) is 0 Å². The summed E-state index contributed by atoms with van der Waals surface area (Å²) >= 11 is 0. The summed E-state index contributed by atoms with van der Waals surface area (Å²) in [6.45, 7) is 5.36. The maximum atomic E-state index is 13.0.